The molecule has 0 aliphatic rings. The molecular formula is C18H20N2O5. The Hall–Kier alpha value is -2.96. The number of benzene rings is 2. The number of phenols is 1. The molecular weight excluding hydrogens is 324 g/mol. The van der Waals surface area contributed by atoms with Crippen molar-refractivity contribution < 1.29 is 15.0 Å². The van der Waals surface area contributed by atoms with Crippen molar-refractivity contribution in [3.63, 3.8) is 0 Å². The van der Waals surface area contributed by atoms with E-state index in [1.54, 1.807) is 32.9 Å². The second-order valence-electron chi connectivity index (χ2n) is 6.33. The average molecular weight is 344 g/mol. The molecule has 0 amide bonds. The molecule has 132 valence electrons. The summed E-state index contributed by atoms with van der Waals surface area (Å²) in [7, 11) is 0. The molecule has 7 heteroatoms. The number of hydrogen-bond donors (Lipinski definition) is 1. The van der Waals surface area contributed by atoms with Crippen LogP contribution >= 0.6 is 0 Å². The zero-order valence-electron chi connectivity index (χ0n) is 14.8. The third-order valence-electron chi connectivity index (χ3n) is 4.60. The SMILES string of the molecule is Cc1cc(Cc2c(C)cc(C)c([N+](=O)[O-])c2C)c([N+](=O)[O-])c(C)c1O. The van der Waals surface area contributed by atoms with E-state index in [0.717, 1.165) is 5.56 Å². The lowest BCUT2D eigenvalue weighted by Gasteiger charge is -2.14. The molecule has 0 heterocycles. The molecule has 0 radical (unpaired) electrons. The number of rotatable bonds is 4. The van der Waals surface area contributed by atoms with Crippen LogP contribution < -0.4 is 0 Å². The highest BCUT2D eigenvalue weighted by atomic mass is 16.6. The van der Waals surface area contributed by atoms with Crippen LogP contribution in [0.5, 0.6) is 5.75 Å². The Morgan fingerprint density at radius 1 is 0.840 bits per heavy atom. The number of aryl methyl sites for hydroxylation is 3. The number of aromatic hydroxyl groups is 1. The standard InChI is InChI=1S/C18H20N2O5/c1-9-6-10(2)16(19(22)23)12(4)15(9)8-14-7-11(3)18(21)13(5)17(14)20(24)25/h6-7,21H,8H2,1-5H3. The second-order valence-corrected chi connectivity index (χ2v) is 6.33. The summed E-state index contributed by atoms with van der Waals surface area (Å²) in [5, 5.41) is 32.8. The Morgan fingerprint density at radius 3 is 1.92 bits per heavy atom. The molecule has 0 aliphatic carbocycles. The molecule has 0 atom stereocenters. The summed E-state index contributed by atoms with van der Waals surface area (Å²) >= 11 is 0. The third-order valence-corrected chi connectivity index (χ3v) is 4.60. The van der Waals surface area contributed by atoms with Crippen LogP contribution in [-0.2, 0) is 6.42 Å². The first-order valence-corrected chi connectivity index (χ1v) is 7.76. The predicted octanol–water partition coefficient (Wildman–Crippen LogP) is 4.34. The van der Waals surface area contributed by atoms with Crippen molar-refractivity contribution in [2.75, 3.05) is 0 Å². The van der Waals surface area contributed by atoms with E-state index >= 15 is 0 Å². The van der Waals surface area contributed by atoms with Gasteiger partial charge in [0.25, 0.3) is 11.4 Å². The van der Waals surface area contributed by atoms with E-state index in [0.29, 0.717) is 27.8 Å². The first kappa shape index (κ1) is 18.4. The van der Waals surface area contributed by atoms with Crippen LogP contribution in [0.3, 0.4) is 0 Å². The van der Waals surface area contributed by atoms with Crippen LogP contribution in [0.15, 0.2) is 12.1 Å². The smallest absolute Gasteiger partial charge is 0.279 e. The van der Waals surface area contributed by atoms with Gasteiger partial charge in [-0.15, -0.1) is 0 Å². The topological polar surface area (TPSA) is 107 Å². The monoisotopic (exact) mass is 344 g/mol. The van der Waals surface area contributed by atoms with E-state index in [4.69, 9.17) is 0 Å². The van der Waals surface area contributed by atoms with E-state index < -0.39 is 9.85 Å². The Labute approximate surface area is 145 Å². The van der Waals surface area contributed by atoms with Gasteiger partial charge in [-0.1, -0.05) is 0 Å². The third kappa shape index (κ3) is 3.17. The van der Waals surface area contributed by atoms with Gasteiger partial charge in [-0.3, -0.25) is 20.2 Å². The van der Waals surface area contributed by atoms with Gasteiger partial charge in [0.05, 0.1) is 15.4 Å². The lowest BCUT2D eigenvalue weighted by Crippen LogP contribution is -2.06. The van der Waals surface area contributed by atoms with Crippen molar-refractivity contribution in [1.82, 2.24) is 0 Å². The molecule has 25 heavy (non-hydrogen) atoms. The van der Waals surface area contributed by atoms with Crippen molar-refractivity contribution in [2.45, 2.75) is 41.0 Å². The van der Waals surface area contributed by atoms with Crippen LogP contribution in [0.25, 0.3) is 0 Å². The summed E-state index contributed by atoms with van der Waals surface area (Å²) in [5.41, 5.74) is 3.69. The molecule has 2 rings (SSSR count). The molecule has 0 aromatic heterocycles. The van der Waals surface area contributed by atoms with Crippen LogP contribution in [0.1, 0.15) is 38.9 Å². The van der Waals surface area contributed by atoms with Gasteiger partial charge in [-0.25, -0.2) is 0 Å². The highest BCUT2D eigenvalue weighted by molar-refractivity contribution is 5.61. The maximum atomic E-state index is 11.5. The van der Waals surface area contributed by atoms with Crippen LogP contribution in [0, 0.1) is 54.8 Å². The molecule has 2 aromatic rings. The van der Waals surface area contributed by atoms with E-state index in [-0.39, 0.29) is 29.1 Å². The summed E-state index contributed by atoms with van der Waals surface area (Å²) in [4.78, 5) is 21.9. The molecule has 0 saturated heterocycles. The van der Waals surface area contributed by atoms with Crippen LogP contribution in [0.2, 0.25) is 0 Å². The molecule has 0 spiro atoms. The van der Waals surface area contributed by atoms with Crippen molar-refractivity contribution >= 4 is 11.4 Å². The number of hydrogen-bond acceptors (Lipinski definition) is 5. The molecule has 0 aliphatic heterocycles. The van der Waals surface area contributed by atoms with E-state index in [1.807, 2.05) is 6.92 Å². The Balaban J connectivity index is 2.71. The molecule has 0 fully saturated rings. The molecule has 2 aromatic carbocycles. The summed E-state index contributed by atoms with van der Waals surface area (Å²) in [6, 6.07) is 3.30. The van der Waals surface area contributed by atoms with Gasteiger partial charge in [0.2, 0.25) is 0 Å². The molecule has 1 N–H and O–H groups in total. The normalized spacial score (nSPS) is 10.8. The van der Waals surface area contributed by atoms with E-state index in [1.165, 1.54) is 6.92 Å². The van der Waals surface area contributed by atoms with E-state index in [2.05, 4.69) is 0 Å². The van der Waals surface area contributed by atoms with Crippen molar-refractivity contribution in [1.29, 1.82) is 0 Å². The van der Waals surface area contributed by atoms with Gasteiger partial charge in [-0.05, 0) is 63.4 Å². The van der Waals surface area contributed by atoms with Crippen LogP contribution in [-0.4, -0.2) is 15.0 Å². The first-order chi connectivity index (χ1) is 11.6. The Morgan fingerprint density at radius 2 is 1.40 bits per heavy atom. The van der Waals surface area contributed by atoms with Crippen molar-refractivity contribution in [3.05, 3.63) is 71.3 Å². The highest BCUT2D eigenvalue weighted by Gasteiger charge is 2.25. The van der Waals surface area contributed by atoms with Crippen molar-refractivity contribution in [3.8, 4) is 5.75 Å². The highest BCUT2D eigenvalue weighted by Crippen LogP contribution is 2.37. The number of nitro benzene ring substituents is 2. The summed E-state index contributed by atoms with van der Waals surface area (Å²) in [5.74, 6) is -0.0984. The number of nitro groups is 2. The fraction of sp³-hybridized carbons (Fsp3) is 0.333. The lowest BCUT2D eigenvalue weighted by atomic mass is 9.90. The summed E-state index contributed by atoms with van der Waals surface area (Å²) < 4.78 is 0. The maximum absolute atomic E-state index is 11.5. The predicted molar refractivity (Wildman–Crippen MR) is 94.3 cm³/mol. The summed E-state index contributed by atoms with van der Waals surface area (Å²) in [6.07, 6.45) is 0.192. The average Bonchev–Trinajstić information content (AvgIpc) is 2.47. The van der Waals surface area contributed by atoms with Gasteiger partial charge >= 0.3 is 0 Å². The van der Waals surface area contributed by atoms with Crippen LogP contribution in [0.4, 0.5) is 11.4 Å². The van der Waals surface area contributed by atoms with Gasteiger partial charge in [0, 0.05) is 23.1 Å². The first-order valence-electron chi connectivity index (χ1n) is 7.76. The minimum Gasteiger partial charge on any atom is -0.507 e. The van der Waals surface area contributed by atoms with Gasteiger partial charge in [-0.2, -0.15) is 0 Å². The minimum absolute atomic E-state index is 0.0375. The number of nitrogens with zero attached hydrogens (tertiary/aromatic N) is 2. The zero-order valence-corrected chi connectivity index (χ0v) is 14.8. The maximum Gasteiger partial charge on any atom is 0.279 e. The Bertz CT molecular complexity index is 903. The molecule has 0 unspecified atom stereocenters. The second kappa shape index (κ2) is 6.51. The van der Waals surface area contributed by atoms with Gasteiger partial charge in [0.1, 0.15) is 5.75 Å². The summed E-state index contributed by atoms with van der Waals surface area (Å²) in [6.45, 7) is 8.36. The largest absolute Gasteiger partial charge is 0.507 e. The Kier molecular flexibility index (Phi) is 4.78. The zero-order chi connectivity index (χ0) is 19.0. The fourth-order valence-electron chi connectivity index (χ4n) is 3.39. The molecule has 0 saturated carbocycles. The van der Waals surface area contributed by atoms with Gasteiger partial charge in [0.15, 0.2) is 0 Å². The number of phenolic OH excluding ortho intramolecular Hbond substituents is 1. The fourth-order valence-corrected chi connectivity index (χ4v) is 3.39. The minimum atomic E-state index is -0.517. The molecule has 7 nitrogen and oxygen atoms in total. The lowest BCUT2D eigenvalue weighted by molar-refractivity contribution is -0.386. The molecule has 0 bridgehead atoms. The van der Waals surface area contributed by atoms with Crippen molar-refractivity contribution in [2.24, 2.45) is 0 Å². The quantitative estimate of drug-likeness (QED) is 0.656. The van der Waals surface area contributed by atoms with E-state index in [9.17, 15) is 25.3 Å². The van der Waals surface area contributed by atoms with Gasteiger partial charge < -0.3 is 5.11 Å².